The molecule has 0 saturated carbocycles. The molecule has 10 nitrogen and oxygen atoms in total. The van der Waals surface area contributed by atoms with E-state index in [1.165, 1.54) is 4.57 Å². The number of anilines is 2. The van der Waals surface area contributed by atoms with E-state index in [0.29, 0.717) is 46.7 Å². The van der Waals surface area contributed by atoms with Gasteiger partial charge in [0.2, 0.25) is 5.91 Å². The lowest BCUT2D eigenvalue weighted by molar-refractivity contribution is -0.121. The minimum atomic E-state index is -0.507. The molecule has 192 valence electrons. The lowest BCUT2D eigenvalue weighted by Gasteiger charge is -2.34. The van der Waals surface area contributed by atoms with Crippen LogP contribution in [0.2, 0.25) is 0 Å². The molecule has 2 aromatic rings. The van der Waals surface area contributed by atoms with Gasteiger partial charge in [-0.15, -0.1) is 11.3 Å². The number of amides is 2. The SMILES string of the molecule is CCNC(=O)C(C#N)=c1sc(=CNc2cccc(NC(=O)CN3CC(C)OC(C)C3)c2)c(=O)n1CC. The molecule has 1 aliphatic rings. The topological polar surface area (TPSA) is 128 Å². The molecule has 2 heterocycles. The fourth-order valence-electron chi connectivity index (χ4n) is 4.09. The molecular weight excluding hydrogens is 480 g/mol. The van der Waals surface area contributed by atoms with Crippen molar-refractivity contribution in [2.75, 3.05) is 36.8 Å². The summed E-state index contributed by atoms with van der Waals surface area (Å²) in [6, 6.07) is 9.09. The van der Waals surface area contributed by atoms with Crippen LogP contribution >= 0.6 is 11.3 Å². The molecule has 1 saturated heterocycles. The van der Waals surface area contributed by atoms with Gasteiger partial charge in [0.25, 0.3) is 11.5 Å². The van der Waals surface area contributed by atoms with Crippen LogP contribution in [0.15, 0.2) is 29.1 Å². The third-order valence-electron chi connectivity index (χ3n) is 5.49. The number of rotatable bonds is 8. The monoisotopic (exact) mass is 512 g/mol. The maximum absolute atomic E-state index is 12.9. The van der Waals surface area contributed by atoms with E-state index in [1.54, 1.807) is 38.2 Å². The molecule has 0 spiro atoms. The Morgan fingerprint density at radius 1 is 1.22 bits per heavy atom. The molecule has 1 fully saturated rings. The van der Waals surface area contributed by atoms with Gasteiger partial charge in [-0.2, -0.15) is 5.26 Å². The number of nitrogens with zero attached hydrogens (tertiary/aromatic N) is 3. The van der Waals surface area contributed by atoms with Crippen molar-refractivity contribution in [2.45, 2.75) is 46.4 Å². The number of carbonyl (C=O) groups excluding carboxylic acids is 2. The van der Waals surface area contributed by atoms with Crippen LogP contribution in [0.1, 0.15) is 27.7 Å². The van der Waals surface area contributed by atoms with Crippen molar-refractivity contribution in [3.63, 3.8) is 0 Å². The first kappa shape index (κ1) is 27.1. The molecular formula is C25H32N6O4S. The van der Waals surface area contributed by atoms with Crippen molar-refractivity contribution >= 4 is 46.3 Å². The van der Waals surface area contributed by atoms with Crippen molar-refractivity contribution in [1.82, 2.24) is 14.8 Å². The van der Waals surface area contributed by atoms with E-state index in [4.69, 9.17) is 4.74 Å². The Labute approximate surface area is 213 Å². The van der Waals surface area contributed by atoms with Crippen LogP contribution in [0.5, 0.6) is 0 Å². The van der Waals surface area contributed by atoms with E-state index >= 15 is 0 Å². The molecule has 2 unspecified atom stereocenters. The molecule has 1 aliphatic heterocycles. The van der Waals surface area contributed by atoms with Crippen molar-refractivity contribution in [2.24, 2.45) is 0 Å². The van der Waals surface area contributed by atoms with E-state index in [1.807, 2.05) is 26.0 Å². The summed E-state index contributed by atoms with van der Waals surface area (Å²) in [4.78, 5) is 39.8. The number of ether oxygens (including phenoxy) is 1. The molecule has 1 aromatic heterocycles. The Morgan fingerprint density at radius 3 is 2.56 bits per heavy atom. The second-order valence-electron chi connectivity index (χ2n) is 8.54. The van der Waals surface area contributed by atoms with E-state index in [-0.39, 0.29) is 35.8 Å². The minimum absolute atomic E-state index is 0.0857. The summed E-state index contributed by atoms with van der Waals surface area (Å²) in [5, 5.41) is 18.1. The Balaban J connectivity index is 1.77. The summed E-state index contributed by atoms with van der Waals surface area (Å²) in [7, 11) is 0. The van der Waals surface area contributed by atoms with Crippen molar-refractivity contribution in [3.8, 4) is 6.07 Å². The lowest BCUT2D eigenvalue weighted by atomic mass is 10.2. The molecule has 1 aromatic carbocycles. The standard InChI is InChI=1S/C25H32N6O4S/c1-5-27-23(33)20(11-26)25-31(6-2)24(34)21(36-25)12-28-18-8-7-9-19(10-18)29-22(32)15-30-13-16(3)35-17(4)14-30/h7-10,12,16-17,28H,5-6,13-15H2,1-4H3,(H,27,33)(H,29,32). The maximum Gasteiger partial charge on any atom is 0.270 e. The summed E-state index contributed by atoms with van der Waals surface area (Å²) >= 11 is 1.08. The number of hydrogen-bond donors (Lipinski definition) is 3. The number of benzene rings is 1. The van der Waals surface area contributed by atoms with Crippen LogP contribution in [0, 0.1) is 11.3 Å². The van der Waals surface area contributed by atoms with Crippen LogP contribution in [0.4, 0.5) is 11.4 Å². The second-order valence-corrected chi connectivity index (χ2v) is 9.57. The third kappa shape index (κ3) is 6.81. The Morgan fingerprint density at radius 2 is 1.92 bits per heavy atom. The fraction of sp³-hybridized carbons (Fsp3) is 0.440. The Bertz CT molecular complexity index is 1320. The lowest BCUT2D eigenvalue weighted by Crippen LogP contribution is -2.48. The summed E-state index contributed by atoms with van der Waals surface area (Å²) in [5.41, 5.74) is 0.920. The molecule has 11 heteroatoms. The summed E-state index contributed by atoms with van der Waals surface area (Å²) < 4.78 is 7.80. The minimum Gasteiger partial charge on any atom is -0.373 e. The van der Waals surface area contributed by atoms with Crippen LogP contribution < -0.4 is 30.7 Å². The molecule has 2 atom stereocenters. The highest BCUT2D eigenvalue weighted by atomic mass is 32.1. The Hall–Kier alpha value is -3.46. The molecule has 3 N–H and O–H groups in total. The number of hydrogen-bond acceptors (Lipinski definition) is 8. The predicted molar refractivity (Wildman–Crippen MR) is 141 cm³/mol. The smallest absolute Gasteiger partial charge is 0.270 e. The van der Waals surface area contributed by atoms with Crippen LogP contribution in [-0.2, 0) is 20.9 Å². The summed E-state index contributed by atoms with van der Waals surface area (Å²) in [6.45, 7) is 9.93. The largest absolute Gasteiger partial charge is 0.373 e. The van der Waals surface area contributed by atoms with Gasteiger partial charge >= 0.3 is 0 Å². The van der Waals surface area contributed by atoms with Gasteiger partial charge in [-0.1, -0.05) is 6.07 Å². The highest BCUT2D eigenvalue weighted by molar-refractivity contribution is 7.07. The second kappa shape index (κ2) is 12.5. The van der Waals surface area contributed by atoms with Crippen molar-refractivity contribution < 1.29 is 14.3 Å². The van der Waals surface area contributed by atoms with Crippen molar-refractivity contribution in [3.05, 3.63) is 43.8 Å². The van der Waals surface area contributed by atoms with E-state index < -0.39 is 5.91 Å². The van der Waals surface area contributed by atoms with Gasteiger partial charge in [-0.05, 0) is 45.9 Å². The third-order valence-corrected chi connectivity index (χ3v) is 6.62. The highest BCUT2D eigenvalue weighted by Crippen LogP contribution is 2.16. The number of thiazole rings is 1. The van der Waals surface area contributed by atoms with Gasteiger partial charge in [0.15, 0.2) is 5.57 Å². The number of nitrogens with one attached hydrogen (secondary N) is 3. The van der Waals surface area contributed by atoms with Crippen LogP contribution in [0.3, 0.4) is 0 Å². The molecule has 3 rings (SSSR count). The highest BCUT2D eigenvalue weighted by Gasteiger charge is 2.23. The first-order valence-electron chi connectivity index (χ1n) is 11.9. The molecule has 36 heavy (non-hydrogen) atoms. The molecule has 0 bridgehead atoms. The van der Waals surface area contributed by atoms with E-state index in [9.17, 15) is 19.6 Å². The molecule has 0 radical (unpaired) electrons. The van der Waals surface area contributed by atoms with Crippen molar-refractivity contribution in [1.29, 1.82) is 5.26 Å². The number of nitriles is 1. The van der Waals surface area contributed by atoms with Crippen LogP contribution in [0.25, 0.3) is 11.8 Å². The first-order chi connectivity index (χ1) is 17.2. The summed E-state index contributed by atoms with van der Waals surface area (Å²) in [6.07, 6.45) is 1.72. The number of aromatic nitrogens is 1. The molecule has 0 aliphatic carbocycles. The van der Waals surface area contributed by atoms with Gasteiger partial charge in [0, 0.05) is 43.8 Å². The first-order valence-corrected chi connectivity index (χ1v) is 12.7. The number of carbonyl (C=O) groups is 2. The normalized spacial score (nSPS) is 19.4. The average Bonchev–Trinajstić information content (AvgIpc) is 3.12. The quantitative estimate of drug-likeness (QED) is 0.473. The fourth-order valence-corrected chi connectivity index (χ4v) is 5.18. The number of morpholine rings is 1. The average molecular weight is 513 g/mol. The zero-order valence-electron chi connectivity index (χ0n) is 21.0. The molecule has 2 amide bonds. The van der Waals surface area contributed by atoms with Gasteiger partial charge in [0.1, 0.15) is 15.3 Å². The van der Waals surface area contributed by atoms with E-state index in [2.05, 4.69) is 20.9 Å². The van der Waals surface area contributed by atoms with Gasteiger partial charge in [-0.25, -0.2) is 0 Å². The zero-order valence-corrected chi connectivity index (χ0v) is 21.8. The van der Waals surface area contributed by atoms with Gasteiger partial charge in [0.05, 0.1) is 18.8 Å². The van der Waals surface area contributed by atoms with Gasteiger partial charge < -0.3 is 20.7 Å². The van der Waals surface area contributed by atoms with E-state index in [0.717, 1.165) is 11.3 Å². The Kier molecular flexibility index (Phi) is 9.41. The van der Waals surface area contributed by atoms with Crippen LogP contribution in [-0.4, -0.2) is 59.7 Å². The zero-order chi connectivity index (χ0) is 26.2. The maximum atomic E-state index is 12.9. The predicted octanol–water partition coefficient (Wildman–Crippen LogP) is 0.638. The summed E-state index contributed by atoms with van der Waals surface area (Å²) in [5.74, 6) is -0.622. The van der Waals surface area contributed by atoms with Gasteiger partial charge in [-0.3, -0.25) is 23.9 Å².